The summed E-state index contributed by atoms with van der Waals surface area (Å²) in [5.41, 5.74) is 4.48. The van der Waals surface area contributed by atoms with E-state index in [4.69, 9.17) is 14.7 Å². The third kappa shape index (κ3) is 4.46. The Morgan fingerprint density at radius 1 is 1.03 bits per heavy atom. The van der Waals surface area contributed by atoms with Gasteiger partial charge in [-0.15, -0.1) is 23.7 Å². The van der Waals surface area contributed by atoms with Crippen molar-refractivity contribution in [2.45, 2.75) is 25.8 Å². The normalized spacial score (nSPS) is 14.4. The van der Waals surface area contributed by atoms with Crippen molar-refractivity contribution in [3.8, 4) is 10.6 Å². The highest BCUT2D eigenvalue weighted by atomic mass is 35.5. The highest BCUT2D eigenvalue weighted by Crippen LogP contribution is 2.33. The molecule has 29 heavy (non-hydrogen) atoms. The number of rotatable bonds is 2. The molecule has 2 aromatic carbocycles. The summed E-state index contributed by atoms with van der Waals surface area (Å²) in [4.78, 5) is 9.60. The molecule has 0 unspecified atom stereocenters. The number of halogens is 1. The second-order valence-corrected chi connectivity index (χ2v) is 8.09. The van der Waals surface area contributed by atoms with Gasteiger partial charge in [-0.2, -0.15) is 0 Å². The van der Waals surface area contributed by atoms with Gasteiger partial charge in [-0.3, -0.25) is 0 Å². The number of fused-ring (bicyclic) bond motifs is 2. The van der Waals surface area contributed by atoms with Gasteiger partial charge in [0.05, 0.1) is 21.3 Å². The zero-order valence-corrected chi connectivity index (χ0v) is 18.6. The third-order valence-corrected chi connectivity index (χ3v) is 6.05. The van der Waals surface area contributed by atoms with E-state index >= 15 is 0 Å². The molecule has 5 rings (SSSR count). The molecule has 1 fully saturated rings. The second kappa shape index (κ2) is 9.67. The lowest BCUT2D eigenvalue weighted by Gasteiger charge is -2.25. The number of hydrogen-bond acceptors (Lipinski definition) is 5. The topological polar surface area (TPSA) is 52.0 Å². The Kier molecular flexibility index (Phi) is 7.24. The SMILES string of the molecule is CNC.Cc1nc2cc(-c3nc4ccccc4s3)ccc2n1C1CCOCC1.Cl. The van der Waals surface area contributed by atoms with Crippen LogP contribution in [0.25, 0.3) is 31.8 Å². The number of nitrogens with one attached hydrogen (secondary N) is 1. The van der Waals surface area contributed by atoms with Crippen molar-refractivity contribution in [1.29, 1.82) is 0 Å². The van der Waals surface area contributed by atoms with E-state index in [2.05, 4.69) is 53.2 Å². The van der Waals surface area contributed by atoms with Crippen LogP contribution in [0.4, 0.5) is 0 Å². The average molecular weight is 431 g/mol. The van der Waals surface area contributed by atoms with Gasteiger partial charge in [0.25, 0.3) is 0 Å². The molecule has 1 saturated heterocycles. The van der Waals surface area contributed by atoms with Gasteiger partial charge in [0.2, 0.25) is 0 Å². The number of thiazole rings is 1. The fraction of sp³-hybridized carbons (Fsp3) is 0.364. The van der Waals surface area contributed by atoms with Crippen LogP contribution in [-0.2, 0) is 4.74 Å². The summed E-state index contributed by atoms with van der Waals surface area (Å²) < 4.78 is 9.13. The van der Waals surface area contributed by atoms with Gasteiger partial charge in [0.1, 0.15) is 10.8 Å². The summed E-state index contributed by atoms with van der Waals surface area (Å²) in [6.07, 6.45) is 2.12. The number of aromatic nitrogens is 3. The van der Waals surface area contributed by atoms with Crippen LogP contribution >= 0.6 is 23.7 Å². The van der Waals surface area contributed by atoms with Crippen molar-refractivity contribution in [3.63, 3.8) is 0 Å². The summed E-state index contributed by atoms with van der Waals surface area (Å²) in [5.74, 6) is 1.09. The lowest BCUT2D eigenvalue weighted by atomic mass is 10.1. The summed E-state index contributed by atoms with van der Waals surface area (Å²) in [6, 6.07) is 15.3. The van der Waals surface area contributed by atoms with Gasteiger partial charge < -0.3 is 14.6 Å². The van der Waals surface area contributed by atoms with E-state index < -0.39 is 0 Å². The van der Waals surface area contributed by atoms with E-state index in [0.29, 0.717) is 6.04 Å². The largest absolute Gasteiger partial charge is 0.381 e. The van der Waals surface area contributed by atoms with Gasteiger partial charge in [0, 0.05) is 24.8 Å². The zero-order chi connectivity index (χ0) is 19.5. The molecule has 0 atom stereocenters. The van der Waals surface area contributed by atoms with Crippen LogP contribution in [0.3, 0.4) is 0 Å². The Morgan fingerprint density at radius 3 is 2.48 bits per heavy atom. The molecular weight excluding hydrogens is 404 g/mol. The summed E-state index contributed by atoms with van der Waals surface area (Å²) in [6.45, 7) is 3.79. The van der Waals surface area contributed by atoms with Crippen molar-refractivity contribution in [2.75, 3.05) is 27.3 Å². The minimum Gasteiger partial charge on any atom is -0.381 e. The van der Waals surface area contributed by atoms with E-state index in [9.17, 15) is 0 Å². The minimum atomic E-state index is 0. The number of ether oxygens (including phenoxy) is 1. The first-order valence-corrected chi connectivity index (χ1v) is 10.5. The van der Waals surface area contributed by atoms with Gasteiger partial charge in [-0.25, -0.2) is 9.97 Å². The standard InChI is InChI=1S/C20H19N3OS.C2H7N.ClH/c1-13-21-17-12-14(20-22-16-4-2-3-5-19(16)25-20)6-7-18(17)23(13)15-8-10-24-11-9-15;1-3-2;/h2-7,12,15H,8-11H2,1H3;3H,1-2H3;1H. The highest BCUT2D eigenvalue weighted by Gasteiger charge is 2.20. The maximum Gasteiger partial charge on any atom is 0.124 e. The molecule has 3 heterocycles. The molecule has 4 aromatic rings. The maximum absolute atomic E-state index is 5.51. The van der Waals surface area contributed by atoms with Gasteiger partial charge in [-0.1, -0.05) is 12.1 Å². The van der Waals surface area contributed by atoms with Crippen molar-refractivity contribution in [2.24, 2.45) is 0 Å². The van der Waals surface area contributed by atoms with Gasteiger partial charge in [-0.05, 0) is 64.2 Å². The van der Waals surface area contributed by atoms with Crippen molar-refractivity contribution in [3.05, 3.63) is 48.3 Å². The Labute approximate surface area is 181 Å². The molecule has 5 nitrogen and oxygen atoms in total. The molecule has 0 saturated carbocycles. The molecule has 1 aliphatic rings. The molecule has 0 bridgehead atoms. The van der Waals surface area contributed by atoms with Gasteiger partial charge >= 0.3 is 0 Å². The number of benzene rings is 2. The van der Waals surface area contributed by atoms with Crippen LogP contribution in [0.1, 0.15) is 24.7 Å². The number of para-hydroxylation sites is 1. The Hall–Kier alpha value is -1.99. The molecule has 7 heteroatoms. The van der Waals surface area contributed by atoms with E-state index in [1.54, 1.807) is 11.3 Å². The summed E-state index contributed by atoms with van der Waals surface area (Å²) in [5, 5.41) is 3.81. The first-order valence-electron chi connectivity index (χ1n) is 9.72. The fourth-order valence-corrected chi connectivity index (χ4v) is 4.71. The molecular formula is C22H27ClN4OS. The van der Waals surface area contributed by atoms with Crippen LogP contribution in [0.15, 0.2) is 42.5 Å². The monoisotopic (exact) mass is 430 g/mol. The first-order chi connectivity index (χ1) is 13.7. The van der Waals surface area contributed by atoms with Crippen molar-refractivity contribution < 1.29 is 4.74 Å². The molecule has 0 aliphatic carbocycles. The predicted molar refractivity (Wildman–Crippen MR) is 124 cm³/mol. The smallest absolute Gasteiger partial charge is 0.124 e. The first kappa shape index (κ1) is 21.7. The average Bonchev–Trinajstić information content (AvgIpc) is 3.28. The predicted octanol–water partition coefficient (Wildman–Crippen LogP) is 5.23. The van der Waals surface area contributed by atoms with Crippen LogP contribution in [0.2, 0.25) is 0 Å². The number of imidazole rings is 1. The molecule has 0 radical (unpaired) electrons. The van der Waals surface area contributed by atoms with E-state index in [0.717, 1.165) is 53.5 Å². The molecule has 2 aromatic heterocycles. The Bertz CT molecular complexity index is 1050. The lowest BCUT2D eigenvalue weighted by Crippen LogP contribution is -2.20. The quantitative estimate of drug-likeness (QED) is 0.473. The Balaban J connectivity index is 0.000000568. The highest BCUT2D eigenvalue weighted by molar-refractivity contribution is 7.21. The zero-order valence-electron chi connectivity index (χ0n) is 17.0. The molecule has 0 amide bonds. The van der Waals surface area contributed by atoms with E-state index in [1.165, 1.54) is 10.2 Å². The number of nitrogens with zero attached hydrogens (tertiary/aromatic N) is 3. The van der Waals surface area contributed by atoms with Gasteiger partial charge in [0.15, 0.2) is 0 Å². The van der Waals surface area contributed by atoms with E-state index in [1.807, 2.05) is 20.2 Å². The second-order valence-electron chi connectivity index (χ2n) is 7.06. The Morgan fingerprint density at radius 2 is 1.76 bits per heavy atom. The molecule has 0 spiro atoms. The summed E-state index contributed by atoms with van der Waals surface area (Å²) >= 11 is 1.74. The van der Waals surface area contributed by atoms with Crippen molar-refractivity contribution in [1.82, 2.24) is 19.9 Å². The molecule has 1 N–H and O–H groups in total. The van der Waals surface area contributed by atoms with E-state index in [-0.39, 0.29) is 12.4 Å². The summed E-state index contributed by atoms with van der Waals surface area (Å²) in [7, 11) is 3.75. The van der Waals surface area contributed by atoms with Crippen molar-refractivity contribution >= 4 is 45.0 Å². The molecule has 154 valence electrons. The lowest BCUT2D eigenvalue weighted by molar-refractivity contribution is 0.0701. The third-order valence-electron chi connectivity index (χ3n) is 4.96. The van der Waals surface area contributed by atoms with Crippen LogP contribution < -0.4 is 5.32 Å². The van der Waals surface area contributed by atoms with Crippen LogP contribution in [-0.4, -0.2) is 41.8 Å². The fourth-order valence-electron chi connectivity index (χ4n) is 3.75. The molecule has 1 aliphatic heterocycles. The van der Waals surface area contributed by atoms with Crippen LogP contribution in [0.5, 0.6) is 0 Å². The number of aryl methyl sites for hydroxylation is 1. The van der Waals surface area contributed by atoms with Crippen LogP contribution in [0, 0.1) is 6.92 Å². The minimum absolute atomic E-state index is 0. The maximum atomic E-state index is 5.51. The number of hydrogen-bond donors (Lipinski definition) is 1.